The van der Waals surface area contributed by atoms with Crippen LogP contribution in [0.2, 0.25) is 0 Å². The summed E-state index contributed by atoms with van der Waals surface area (Å²) in [7, 11) is 0. The summed E-state index contributed by atoms with van der Waals surface area (Å²) in [6, 6.07) is 32.2. The van der Waals surface area contributed by atoms with E-state index in [2.05, 4.69) is 113 Å². The minimum atomic E-state index is -3.39. The molecule has 0 heterocycles. The van der Waals surface area contributed by atoms with Crippen molar-refractivity contribution in [2.24, 2.45) is 0 Å². The molecule has 0 N–H and O–H groups in total. The molecule has 0 bridgehead atoms. The summed E-state index contributed by atoms with van der Waals surface area (Å²) in [4.78, 5) is 0. The van der Waals surface area contributed by atoms with Crippen molar-refractivity contribution in [3.8, 4) is 21.7 Å². The van der Waals surface area contributed by atoms with E-state index in [0.29, 0.717) is 0 Å². The molecular formula is C23H18Sn. The SMILES string of the molecule is CC#CC#[C][Sn]([c]1ccccc1)([c]1ccccc1)[c]1ccccc1. The third-order valence-electron chi connectivity index (χ3n) is 4.06. The number of benzene rings is 3. The van der Waals surface area contributed by atoms with E-state index in [1.807, 2.05) is 6.92 Å². The molecule has 24 heavy (non-hydrogen) atoms. The van der Waals surface area contributed by atoms with Crippen LogP contribution in [0.15, 0.2) is 91.0 Å². The van der Waals surface area contributed by atoms with Gasteiger partial charge in [0.15, 0.2) is 0 Å². The van der Waals surface area contributed by atoms with E-state index in [4.69, 9.17) is 0 Å². The average molecular weight is 413 g/mol. The Labute approximate surface area is 148 Å². The van der Waals surface area contributed by atoms with E-state index in [9.17, 15) is 0 Å². The van der Waals surface area contributed by atoms with Gasteiger partial charge in [-0.25, -0.2) is 0 Å². The van der Waals surface area contributed by atoms with Gasteiger partial charge >= 0.3 is 149 Å². The van der Waals surface area contributed by atoms with E-state index in [0.717, 1.165) is 0 Å². The van der Waals surface area contributed by atoms with Gasteiger partial charge in [-0.15, -0.1) is 0 Å². The zero-order chi connectivity index (χ0) is 16.7. The first-order valence-corrected chi connectivity index (χ1v) is 13.7. The molecule has 3 aromatic rings. The van der Waals surface area contributed by atoms with Gasteiger partial charge < -0.3 is 0 Å². The van der Waals surface area contributed by atoms with Crippen molar-refractivity contribution in [2.75, 3.05) is 0 Å². The fourth-order valence-corrected chi connectivity index (χ4v) is 13.7. The van der Waals surface area contributed by atoms with E-state index >= 15 is 0 Å². The summed E-state index contributed by atoms with van der Waals surface area (Å²) in [5.74, 6) is 9.01. The van der Waals surface area contributed by atoms with E-state index in [1.54, 1.807) is 0 Å². The molecule has 0 aliphatic rings. The topological polar surface area (TPSA) is 0 Å². The van der Waals surface area contributed by atoms with Crippen LogP contribution >= 0.6 is 0 Å². The zero-order valence-corrected chi connectivity index (χ0v) is 16.5. The van der Waals surface area contributed by atoms with Gasteiger partial charge in [-0.1, -0.05) is 0 Å². The third kappa shape index (κ3) is 3.25. The summed E-state index contributed by atoms with van der Waals surface area (Å²) in [5, 5.41) is 0. The van der Waals surface area contributed by atoms with Gasteiger partial charge in [0.25, 0.3) is 0 Å². The van der Waals surface area contributed by atoms with Gasteiger partial charge in [-0.2, -0.15) is 0 Å². The summed E-state index contributed by atoms with van der Waals surface area (Å²) < 4.78 is 7.74. The van der Waals surface area contributed by atoms with Crippen LogP contribution in [-0.4, -0.2) is 18.4 Å². The Balaban J connectivity index is 2.37. The molecule has 0 atom stereocenters. The Hall–Kier alpha value is -2.42. The Bertz CT molecular complexity index is 808. The molecular weight excluding hydrogens is 395 g/mol. The van der Waals surface area contributed by atoms with Crippen molar-refractivity contribution in [3.63, 3.8) is 0 Å². The Morgan fingerprint density at radius 3 is 1.25 bits per heavy atom. The van der Waals surface area contributed by atoms with Crippen LogP contribution in [0.5, 0.6) is 0 Å². The van der Waals surface area contributed by atoms with Crippen LogP contribution in [0, 0.1) is 21.7 Å². The zero-order valence-electron chi connectivity index (χ0n) is 13.7. The van der Waals surface area contributed by atoms with E-state index in [-0.39, 0.29) is 0 Å². The summed E-state index contributed by atoms with van der Waals surface area (Å²) in [5.41, 5.74) is 0. The minimum absolute atomic E-state index is 1.36. The van der Waals surface area contributed by atoms with Crippen molar-refractivity contribution in [3.05, 3.63) is 91.0 Å². The maximum atomic E-state index is 3.67. The van der Waals surface area contributed by atoms with Crippen LogP contribution in [0.1, 0.15) is 6.92 Å². The molecule has 0 amide bonds. The van der Waals surface area contributed by atoms with Crippen molar-refractivity contribution in [1.82, 2.24) is 0 Å². The third-order valence-corrected chi connectivity index (χ3v) is 15.8. The van der Waals surface area contributed by atoms with Gasteiger partial charge in [-0.05, 0) is 0 Å². The molecule has 0 nitrogen and oxygen atoms in total. The molecule has 0 saturated heterocycles. The second kappa shape index (κ2) is 7.91. The summed E-state index contributed by atoms with van der Waals surface area (Å²) in [6.45, 7) is 1.83. The molecule has 1 heteroatoms. The number of rotatable bonds is 3. The second-order valence-electron chi connectivity index (χ2n) is 5.47. The van der Waals surface area contributed by atoms with E-state index < -0.39 is 18.4 Å². The second-order valence-corrected chi connectivity index (χ2v) is 15.4. The monoisotopic (exact) mass is 414 g/mol. The molecule has 0 spiro atoms. The van der Waals surface area contributed by atoms with Gasteiger partial charge in [-0.3, -0.25) is 0 Å². The van der Waals surface area contributed by atoms with Crippen molar-refractivity contribution in [2.45, 2.75) is 6.92 Å². The predicted molar refractivity (Wildman–Crippen MR) is 105 cm³/mol. The van der Waals surface area contributed by atoms with Crippen LogP contribution in [0.25, 0.3) is 0 Å². The first-order valence-electron chi connectivity index (χ1n) is 7.98. The molecule has 0 saturated carbocycles. The Morgan fingerprint density at radius 1 is 0.542 bits per heavy atom. The first-order chi connectivity index (χ1) is 11.9. The van der Waals surface area contributed by atoms with E-state index in [1.165, 1.54) is 10.7 Å². The van der Waals surface area contributed by atoms with Crippen LogP contribution in [-0.2, 0) is 0 Å². The summed E-state index contributed by atoms with van der Waals surface area (Å²) >= 11 is -3.39. The van der Waals surface area contributed by atoms with Gasteiger partial charge in [0.2, 0.25) is 0 Å². The molecule has 114 valence electrons. The Morgan fingerprint density at radius 2 is 0.917 bits per heavy atom. The Kier molecular flexibility index (Phi) is 5.42. The molecule has 0 radical (unpaired) electrons. The molecule has 3 rings (SSSR count). The molecule has 0 fully saturated rings. The standard InChI is InChI=1S/3C6H5.C5H3.Sn/c3*1-2-4-6-5-3-1;1-3-5-4-2;/h3*1-5H;1H3;. The number of hydrogen-bond donors (Lipinski definition) is 0. The first kappa shape index (κ1) is 16.4. The van der Waals surface area contributed by atoms with Gasteiger partial charge in [0, 0.05) is 0 Å². The molecule has 0 aromatic heterocycles. The van der Waals surface area contributed by atoms with Crippen molar-refractivity contribution >= 4 is 29.1 Å². The van der Waals surface area contributed by atoms with Crippen LogP contribution in [0.4, 0.5) is 0 Å². The quantitative estimate of drug-likeness (QED) is 0.458. The molecule has 0 unspecified atom stereocenters. The van der Waals surface area contributed by atoms with Crippen molar-refractivity contribution in [1.29, 1.82) is 0 Å². The van der Waals surface area contributed by atoms with Crippen molar-refractivity contribution < 1.29 is 0 Å². The fraction of sp³-hybridized carbons (Fsp3) is 0.0435. The average Bonchev–Trinajstić information content (AvgIpc) is 2.68. The maximum absolute atomic E-state index is 3.67. The van der Waals surface area contributed by atoms with Gasteiger partial charge in [0.05, 0.1) is 0 Å². The number of hydrogen-bond acceptors (Lipinski definition) is 0. The fourth-order valence-electron chi connectivity index (χ4n) is 2.97. The normalized spacial score (nSPS) is 10.0. The predicted octanol–water partition coefficient (Wildman–Crippen LogP) is 2.72. The van der Waals surface area contributed by atoms with Gasteiger partial charge in [0.1, 0.15) is 0 Å². The molecule has 0 aliphatic carbocycles. The molecule has 0 aliphatic heterocycles. The molecule has 3 aromatic carbocycles. The van der Waals surface area contributed by atoms with Crippen LogP contribution < -0.4 is 10.7 Å². The van der Waals surface area contributed by atoms with Crippen LogP contribution in [0.3, 0.4) is 0 Å². The summed E-state index contributed by atoms with van der Waals surface area (Å²) in [6.07, 6.45) is 0.